The summed E-state index contributed by atoms with van der Waals surface area (Å²) in [5, 5.41) is 6.38. The summed E-state index contributed by atoms with van der Waals surface area (Å²) in [5.74, 6) is 2.21. The normalized spacial score (nSPS) is 22.1. The highest BCUT2D eigenvalue weighted by molar-refractivity contribution is 7.99. The average Bonchev–Trinajstić information content (AvgIpc) is 2.36. The number of carbonyl (C=O) groups is 1. The molecule has 0 bridgehead atoms. The predicted octanol–water partition coefficient (Wildman–Crippen LogP) is 2.17. The number of rotatable bonds is 7. The smallest absolute Gasteiger partial charge is 0.238 e. The van der Waals surface area contributed by atoms with Gasteiger partial charge in [0.25, 0.3) is 0 Å². The molecule has 1 aliphatic rings. The highest BCUT2D eigenvalue weighted by Crippen LogP contribution is 2.09. The molecule has 1 rings (SSSR count). The van der Waals surface area contributed by atoms with Gasteiger partial charge in [0.2, 0.25) is 5.91 Å². The number of hydrogen-bond acceptors (Lipinski definition) is 3. The molecule has 1 saturated heterocycles. The molecule has 0 aromatic heterocycles. The maximum absolute atomic E-state index is 11.9. The van der Waals surface area contributed by atoms with E-state index in [0.29, 0.717) is 6.04 Å². The Morgan fingerprint density at radius 2 is 2.29 bits per heavy atom. The molecule has 1 fully saturated rings. The molecule has 0 saturated carbocycles. The average molecular weight is 258 g/mol. The van der Waals surface area contributed by atoms with Gasteiger partial charge in [0.05, 0.1) is 6.04 Å². The van der Waals surface area contributed by atoms with Crippen LogP contribution < -0.4 is 10.6 Å². The van der Waals surface area contributed by atoms with E-state index in [0.717, 1.165) is 24.5 Å². The van der Waals surface area contributed by atoms with Crippen molar-refractivity contribution < 1.29 is 4.79 Å². The second-order valence-electron chi connectivity index (χ2n) is 4.84. The molecule has 0 aliphatic carbocycles. The molecule has 0 spiro atoms. The van der Waals surface area contributed by atoms with Gasteiger partial charge in [0.15, 0.2) is 0 Å². The van der Waals surface area contributed by atoms with Gasteiger partial charge in [0, 0.05) is 24.1 Å². The van der Waals surface area contributed by atoms with Crippen LogP contribution in [0, 0.1) is 0 Å². The molecule has 2 atom stereocenters. The van der Waals surface area contributed by atoms with Crippen molar-refractivity contribution in [1.82, 2.24) is 10.6 Å². The van der Waals surface area contributed by atoms with Gasteiger partial charge in [-0.15, -0.1) is 0 Å². The van der Waals surface area contributed by atoms with Crippen LogP contribution in [0.1, 0.15) is 46.0 Å². The zero-order valence-electron chi connectivity index (χ0n) is 11.1. The Hall–Kier alpha value is -0.220. The summed E-state index contributed by atoms with van der Waals surface area (Å²) in [6.07, 6.45) is 6.19. The van der Waals surface area contributed by atoms with Gasteiger partial charge in [-0.05, 0) is 13.3 Å². The van der Waals surface area contributed by atoms with Gasteiger partial charge in [-0.3, -0.25) is 4.79 Å². The third-order valence-electron chi connectivity index (χ3n) is 3.12. The van der Waals surface area contributed by atoms with Crippen LogP contribution in [0.3, 0.4) is 0 Å². The van der Waals surface area contributed by atoms with E-state index >= 15 is 0 Å². The fourth-order valence-corrected chi connectivity index (χ4v) is 2.96. The number of amides is 1. The minimum atomic E-state index is 0.0202. The molecule has 0 radical (unpaired) electrons. The van der Waals surface area contributed by atoms with Gasteiger partial charge < -0.3 is 10.6 Å². The standard InChI is InChI=1S/C13H26N2OS/c1-3-4-5-6-7-11(2)15-13(16)12-10-17-9-8-14-12/h11-12,14H,3-10H2,1-2H3,(H,15,16). The molecule has 1 amide bonds. The van der Waals surface area contributed by atoms with Crippen LogP contribution >= 0.6 is 11.8 Å². The van der Waals surface area contributed by atoms with Gasteiger partial charge in [-0.2, -0.15) is 11.8 Å². The van der Waals surface area contributed by atoms with E-state index in [1.54, 1.807) is 0 Å². The van der Waals surface area contributed by atoms with Crippen LogP contribution in [0.25, 0.3) is 0 Å². The summed E-state index contributed by atoms with van der Waals surface area (Å²) in [5.41, 5.74) is 0. The summed E-state index contributed by atoms with van der Waals surface area (Å²) in [6, 6.07) is 0.333. The topological polar surface area (TPSA) is 41.1 Å². The van der Waals surface area contributed by atoms with Crippen molar-refractivity contribution >= 4 is 17.7 Å². The van der Waals surface area contributed by atoms with Crippen molar-refractivity contribution in [3.63, 3.8) is 0 Å². The number of hydrogen-bond donors (Lipinski definition) is 2. The van der Waals surface area contributed by atoms with Crippen molar-refractivity contribution in [3.8, 4) is 0 Å². The number of unbranched alkanes of at least 4 members (excludes halogenated alkanes) is 3. The van der Waals surface area contributed by atoms with E-state index in [4.69, 9.17) is 0 Å². The van der Waals surface area contributed by atoms with Crippen molar-refractivity contribution in [1.29, 1.82) is 0 Å². The molecule has 4 heteroatoms. The number of nitrogens with one attached hydrogen (secondary N) is 2. The molecule has 17 heavy (non-hydrogen) atoms. The lowest BCUT2D eigenvalue weighted by atomic mass is 10.1. The lowest BCUT2D eigenvalue weighted by Crippen LogP contribution is -2.50. The maximum Gasteiger partial charge on any atom is 0.238 e. The Morgan fingerprint density at radius 3 is 2.94 bits per heavy atom. The Morgan fingerprint density at radius 1 is 1.47 bits per heavy atom. The fraction of sp³-hybridized carbons (Fsp3) is 0.923. The summed E-state index contributed by atoms with van der Waals surface area (Å²) in [4.78, 5) is 11.9. The number of carbonyl (C=O) groups excluding carboxylic acids is 1. The molecule has 3 nitrogen and oxygen atoms in total. The van der Waals surface area contributed by atoms with Crippen LogP contribution in [0.15, 0.2) is 0 Å². The first kappa shape index (κ1) is 14.8. The molecular weight excluding hydrogens is 232 g/mol. The van der Waals surface area contributed by atoms with Crippen LogP contribution in [0.4, 0.5) is 0 Å². The maximum atomic E-state index is 11.9. The third kappa shape index (κ3) is 6.32. The van der Waals surface area contributed by atoms with E-state index < -0.39 is 0 Å². The second kappa shape index (κ2) is 8.81. The van der Waals surface area contributed by atoms with E-state index in [9.17, 15) is 4.79 Å². The van der Waals surface area contributed by atoms with Gasteiger partial charge in [-0.25, -0.2) is 0 Å². The highest BCUT2D eigenvalue weighted by Gasteiger charge is 2.21. The first-order valence-corrected chi connectivity index (χ1v) is 8.01. The third-order valence-corrected chi connectivity index (χ3v) is 4.18. The Kier molecular flexibility index (Phi) is 7.69. The summed E-state index contributed by atoms with van der Waals surface area (Å²) in [7, 11) is 0. The van der Waals surface area contributed by atoms with E-state index in [2.05, 4.69) is 24.5 Å². The van der Waals surface area contributed by atoms with Gasteiger partial charge in [0.1, 0.15) is 0 Å². The van der Waals surface area contributed by atoms with Crippen LogP contribution in [-0.4, -0.2) is 36.0 Å². The van der Waals surface area contributed by atoms with Crippen molar-refractivity contribution in [2.24, 2.45) is 0 Å². The molecule has 100 valence electrons. The summed E-state index contributed by atoms with van der Waals surface area (Å²) >= 11 is 1.86. The minimum Gasteiger partial charge on any atom is -0.352 e. The van der Waals surface area contributed by atoms with E-state index in [1.807, 2.05) is 11.8 Å². The zero-order chi connectivity index (χ0) is 12.5. The molecular formula is C13H26N2OS. The molecule has 2 N–H and O–H groups in total. The lowest BCUT2D eigenvalue weighted by molar-refractivity contribution is -0.123. The zero-order valence-corrected chi connectivity index (χ0v) is 11.9. The Labute approximate surface area is 109 Å². The van der Waals surface area contributed by atoms with E-state index in [-0.39, 0.29) is 11.9 Å². The van der Waals surface area contributed by atoms with E-state index in [1.165, 1.54) is 25.7 Å². The molecule has 1 heterocycles. The SMILES string of the molecule is CCCCCCC(C)NC(=O)C1CSCCN1. The Bertz CT molecular complexity index is 217. The largest absolute Gasteiger partial charge is 0.352 e. The lowest BCUT2D eigenvalue weighted by Gasteiger charge is -2.24. The first-order valence-electron chi connectivity index (χ1n) is 6.85. The second-order valence-corrected chi connectivity index (χ2v) is 5.99. The predicted molar refractivity (Wildman–Crippen MR) is 75.5 cm³/mol. The van der Waals surface area contributed by atoms with Gasteiger partial charge in [-0.1, -0.05) is 32.6 Å². The monoisotopic (exact) mass is 258 g/mol. The van der Waals surface area contributed by atoms with Crippen molar-refractivity contribution in [3.05, 3.63) is 0 Å². The highest BCUT2D eigenvalue weighted by atomic mass is 32.2. The Balaban J connectivity index is 2.11. The van der Waals surface area contributed by atoms with Crippen LogP contribution in [0.2, 0.25) is 0 Å². The minimum absolute atomic E-state index is 0.0202. The molecule has 0 aromatic carbocycles. The fourth-order valence-electron chi connectivity index (χ4n) is 2.03. The molecule has 0 aromatic rings. The number of thioether (sulfide) groups is 1. The first-order chi connectivity index (χ1) is 8.24. The van der Waals surface area contributed by atoms with Crippen LogP contribution in [-0.2, 0) is 4.79 Å². The quantitative estimate of drug-likeness (QED) is 0.688. The molecule has 1 aliphatic heterocycles. The van der Waals surface area contributed by atoms with Crippen molar-refractivity contribution in [2.75, 3.05) is 18.1 Å². The van der Waals surface area contributed by atoms with Crippen molar-refractivity contribution in [2.45, 2.75) is 58.0 Å². The van der Waals surface area contributed by atoms with Crippen LogP contribution in [0.5, 0.6) is 0 Å². The summed E-state index contributed by atoms with van der Waals surface area (Å²) in [6.45, 7) is 5.28. The van der Waals surface area contributed by atoms with Gasteiger partial charge >= 0.3 is 0 Å². The molecule has 2 unspecified atom stereocenters. The summed E-state index contributed by atoms with van der Waals surface area (Å²) < 4.78 is 0.